The molecular formula is C19H19FN2O2S. The van der Waals surface area contributed by atoms with Gasteiger partial charge in [-0.2, -0.15) is 0 Å². The Morgan fingerprint density at radius 1 is 1.28 bits per heavy atom. The lowest BCUT2D eigenvalue weighted by Crippen LogP contribution is -2.32. The van der Waals surface area contributed by atoms with E-state index in [4.69, 9.17) is 4.42 Å². The third-order valence-electron chi connectivity index (χ3n) is 3.54. The lowest BCUT2D eigenvalue weighted by atomic mass is 10.2. The van der Waals surface area contributed by atoms with Crippen LogP contribution in [0.2, 0.25) is 0 Å². The van der Waals surface area contributed by atoms with Gasteiger partial charge in [0.1, 0.15) is 23.0 Å². The number of carbonyl (C=O) groups excluding carboxylic acids is 1. The monoisotopic (exact) mass is 358 g/mol. The smallest absolute Gasteiger partial charge is 0.266 e. The number of hydrogen-bond acceptors (Lipinski definition) is 4. The first-order valence-corrected chi connectivity index (χ1v) is 8.87. The summed E-state index contributed by atoms with van der Waals surface area (Å²) in [5, 5.41) is 0.485. The van der Waals surface area contributed by atoms with E-state index in [1.165, 1.54) is 17.8 Å². The summed E-state index contributed by atoms with van der Waals surface area (Å²) in [7, 11) is 0. The number of carbonyl (C=O) groups is 1. The third kappa shape index (κ3) is 4.02. The van der Waals surface area contributed by atoms with Crippen molar-refractivity contribution in [2.24, 2.45) is 10.9 Å². The minimum Gasteiger partial charge on any atom is -0.462 e. The molecule has 0 radical (unpaired) electrons. The van der Waals surface area contributed by atoms with E-state index in [0.29, 0.717) is 22.4 Å². The number of rotatable bonds is 4. The van der Waals surface area contributed by atoms with Crippen LogP contribution in [-0.4, -0.2) is 22.5 Å². The summed E-state index contributed by atoms with van der Waals surface area (Å²) in [5.74, 6) is 1.11. The van der Waals surface area contributed by atoms with Crippen LogP contribution < -0.4 is 0 Å². The molecule has 0 N–H and O–H groups in total. The molecule has 6 heteroatoms. The van der Waals surface area contributed by atoms with E-state index in [2.05, 4.69) is 4.99 Å². The fraction of sp³-hybridized carbons (Fsp3) is 0.263. The zero-order valence-electron chi connectivity index (χ0n) is 14.3. The summed E-state index contributed by atoms with van der Waals surface area (Å²) < 4.78 is 19.4. The fourth-order valence-corrected chi connectivity index (χ4v) is 3.40. The van der Waals surface area contributed by atoms with Gasteiger partial charge in [0.15, 0.2) is 5.17 Å². The number of nitrogens with zero attached hydrogens (tertiary/aromatic N) is 2. The molecule has 130 valence electrons. The molecule has 25 heavy (non-hydrogen) atoms. The Morgan fingerprint density at radius 3 is 2.68 bits per heavy atom. The zero-order valence-corrected chi connectivity index (χ0v) is 15.1. The second-order valence-electron chi connectivity index (χ2n) is 6.21. The first kappa shape index (κ1) is 17.5. The van der Waals surface area contributed by atoms with Crippen molar-refractivity contribution in [1.82, 2.24) is 4.90 Å². The maximum Gasteiger partial charge on any atom is 0.266 e. The van der Waals surface area contributed by atoms with Crippen molar-refractivity contribution in [3.05, 3.63) is 58.6 Å². The van der Waals surface area contributed by atoms with Crippen molar-refractivity contribution in [3.63, 3.8) is 0 Å². The van der Waals surface area contributed by atoms with Gasteiger partial charge in [0, 0.05) is 12.6 Å². The van der Waals surface area contributed by atoms with Gasteiger partial charge in [-0.05, 0) is 48.9 Å². The maximum absolute atomic E-state index is 13.9. The van der Waals surface area contributed by atoms with Crippen LogP contribution in [0.4, 0.5) is 10.1 Å². The van der Waals surface area contributed by atoms with E-state index < -0.39 is 5.82 Å². The van der Waals surface area contributed by atoms with Gasteiger partial charge in [-0.25, -0.2) is 9.38 Å². The molecule has 0 atom stereocenters. The van der Waals surface area contributed by atoms with Gasteiger partial charge in [0.25, 0.3) is 5.91 Å². The summed E-state index contributed by atoms with van der Waals surface area (Å²) in [5.41, 5.74) is 0.224. The highest BCUT2D eigenvalue weighted by molar-refractivity contribution is 8.18. The predicted octanol–water partition coefficient (Wildman–Crippen LogP) is 4.99. The van der Waals surface area contributed by atoms with Crippen LogP contribution >= 0.6 is 11.8 Å². The second-order valence-corrected chi connectivity index (χ2v) is 7.22. The number of thioether (sulfide) groups is 1. The minimum atomic E-state index is -0.411. The molecule has 0 saturated carbocycles. The quantitative estimate of drug-likeness (QED) is 0.724. The summed E-state index contributed by atoms with van der Waals surface area (Å²) in [6.45, 7) is 6.42. The Morgan fingerprint density at radius 2 is 2.04 bits per heavy atom. The normalized spacial score (nSPS) is 18.1. The number of furan rings is 1. The van der Waals surface area contributed by atoms with E-state index in [-0.39, 0.29) is 17.5 Å². The van der Waals surface area contributed by atoms with Crippen LogP contribution in [0.5, 0.6) is 0 Å². The maximum atomic E-state index is 13.9. The number of aryl methyl sites for hydroxylation is 1. The highest BCUT2D eigenvalue weighted by Gasteiger charge is 2.34. The van der Waals surface area contributed by atoms with Crippen LogP contribution in [0, 0.1) is 18.7 Å². The highest BCUT2D eigenvalue weighted by atomic mass is 32.2. The highest BCUT2D eigenvalue weighted by Crippen LogP contribution is 2.35. The van der Waals surface area contributed by atoms with E-state index >= 15 is 0 Å². The van der Waals surface area contributed by atoms with Crippen molar-refractivity contribution in [2.45, 2.75) is 20.8 Å². The Kier molecular flexibility index (Phi) is 5.08. The van der Waals surface area contributed by atoms with Crippen LogP contribution in [0.25, 0.3) is 6.08 Å². The lowest BCUT2D eigenvalue weighted by molar-refractivity contribution is -0.122. The standard InChI is InChI=1S/C19H19FN2O2S/c1-12(2)11-22-18(23)17(10-14-9-8-13(3)24-14)25-19(22)21-16-7-5-4-6-15(16)20/h4-10,12H,11H2,1-3H3/b17-10+,21-19?. The van der Waals surface area contributed by atoms with Crippen molar-refractivity contribution >= 4 is 34.6 Å². The van der Waals surface area contributed by atoms with E-state index in [0.717, 1.165) is 5.76 Å². The largest absolute Gasteiger partial charge is 0.462 e. The molecule has 3 rings (SSSR count). The average molecular weight is 358 g/mol. The van der Waals surface area contributed by atoms with Crippen molar-refractivity contribution in [1.29, 1.82) is 0 Å². The molecule has 1 amide bonds. The summed E-state index contributed by atoms with van der Waals surface area (Å²) in [4.78, 5) is 19.3. The summed E-state index contributed by atoms with van der Waals surface area (Å²) in [6, 6.07) is 9.95. The molecule has 0 bridgehead atoms. The molecule has 4 nitrogen and oxygen atoms in total. The van der Waals surface area contributed by atoms with Gasteiger partial charge >= 0.3 is 0 Å². The molecule has 1 aliphatic heterocycles. The van der Waals surface area contributed by atoms with Crippen LogP contribution in [0.15, 0.2) is 50.7 Å². The number of amides is 1. The van der Waals surface area contributed by atoms with Crippen LogP contribution in [-0.2, 0) is 4.79 Å². The molecule has 0 spiro atoms. The number of para-hydroxylation sites is 1. The first-order chi connectivity index (χ1) is 11.9. The molecule has 0 aliphatic carbocycles. The van der Waals surface area contributed by atoms with Gasteiger partial charge in [-0.1, -0.05) is 26.0 Å². The molecule has 1 fully saturated rings. The molecule has 1 aromatic heterocycles. The first-order valence-electron chi connectivity index (χ1n) is 8.05. The SMILES string of the molecule is Cc1ccc(/C=C2/SC(=Nc3ccccc3F)N(CC(C)C)C2=O)o1. The van der Waals surface area contributed by atoms with Gasteiger partial charge < -0.3 is 4.42 Å². The summed E-state index contributed by atoms with van der Waals surface area (Å²) in [6.07, 6.45) is 1.71. The summed E-state index contributed by atoms with van der Waals surface area (Å²) >= 11 is 1.24. The minimum absolute atomic E-state index is 0.136. The third-order valence-corrected chi connectivity index (χ3v) is 4.55. The van der Waals surface area contributed by atoms with Gasteiger partial charge in [0.05, 0.1) is 4.91 Å². The van der Waals surface area contributed by atoms with E-state index in [9.17, 15) is 9.18 Å². The average Bonchev–Trinajstić information content (AvgIpc) is 3.08. The number of halogens is 1. The second kappa shape index (κ2) is 7.27. The zero-order chi connectivity index (χ0) is 18.0. The lowest BCUT2D eigenvalue weighted by Gasteiger charge is -2.17. The van der Waals surface area contributed by atoms with Gasteiger partial charge in [-0.15, -0.1) is 0 Å². The molecule has 0 unspecified atom stereocenters. The number of aliphatic imine (C=N–C) groups is 1. The molecule has 1 aromatic carbocycles. The Labute approximate surface area is 150 Å². The van der Waals surface area contributed by atoms with Crippen LogP contribution in [0.3, 0.4) is 0 Å². The predicted molar refractivity (Wildman–Crippen MR) is 99.1 cm³/mol. The number of hydrogen-bond donors (Lipinski definition) is 0. The number of benzene rings is 1. The van der Waals surface area contributed by atoms with Crippen LogP contribution in [0.1, 0.15) is 25.4 Å². The topological polar surface area (TPSA) is 45.8 Å². The Balaban J connectivity index is 1.97. The van der Waals surface area contributed by atoms with E-state index in [1.54, 1.807) is 29.2 Å². The van der Waals surface area contributed by atoms with E-state index in [1.807, 2.05) is 32.9 Å². The van der Waals surface area contributed by atoms with Gasteiger partial charge in [0.2, 0.25) is 0 Å². The fourth-order valence-electron chi connectivity index (χ4n) is 2.42. The molecule has 2 aromatic rings. The number of amidine groups is 1. The Hall–Kier alpha value is -2.34. The van der Waals surface area contributed by atoms with Gasteiger partial charge in [-0.3, -0.25) is 9.69 Å². The van der Waals surface area contributed by atoms with Crippen molar-refractivity contribution in [3.8, 4) is 0 Å². The Bertz CT molecular complexity index is 855. The van der Waals surface area contributed by atoms with Crippen molar-refractivity contribution < 1.29 is 13.6 Å². The molecule has 2 heterocycles. The molecule has 1 saturated heterocycles. The molecular weight excluding hydrogens is 339 g/mol. The van der Waals surface area contributed by atoms with Crippen molar-refractivity contribution in [2.75, 3.05) is 6.54 Å². The molecule has 1 aliphatic rings.